The summed E-state index contributed by atoms with van der Waals surface area (Å²) in [6.07, 6.45) is 1.46. The minimum atomic E-state index is -0.806. The molecule has 4 heteroatoms. The number of carbonyl (C=O) groups excluding carboxylic acids is 1. The number of rotatable bonds is 2. The molecule has 1 aromatic carbocycles. The Hall–Kier alpha value is -1.84. The molecule has 1 N–H and O–H groups in total. The molecule has 4 nitrogen and oxygen atoms in total. The Kier molecular flexibility index (Phi) is 2.81. The van der Waals surface area contributed by atoms with Crippen molar-refractivity contribution in [3.8, 4) is 0 Å². The van der Waals surface area contributed by atoms with E-state index in [2.05, 4.69) is 6.92 Å². The third kappa shape index (κ3) is 2.01. The van der Waals surface area contributed by atoms with E-state index in [4.69, 9.17) is 0 Å². The summed E-state index contributed by atoms with van der Waals surface area (Å²) >= 11 is 0. The normalized spacial score (nSPS) is 28.7. The van der Waals surface area contributed by atoms with Crippen LogP contribution in [0.15, 0.2) is 24.3 Å². The Labute approximate surface area is 112 Å². The Morgan fingerprint density at radius 1 is 1.32 bits per heavy atom. The van der Waals surface area contributed by atoms with Crippen LogP contribution in [0.25, 0.3) is 0 Å². The minimum absolute atomic E-state index is 0.134. The third-order valence-corrected chi connectivity index (χ3v) is 4.24. The number of carbonyl (C=O) groups is 2. The molecule has 0 spiro atoms. The molecule has 19 heavy (non-hydrogen) atoms. The quantitative estimate of drug-likeness (QED) is 0.886. The van der Waals surface area contributed by atoms with Gasteiger partial charge in [0.15, 0.2) is 0 Å². The number of para-hydroxylation sites is 1. The molecule has 3 atom stereocenters. The van der Waals surface area contributed by atoms with Crippen molar-refractivity contribution in [2.24, 2.45) is 11.8 Å². The second-order valence-electron chi connectivity index (χ2n) is 5.55. The van der Waals surface area contributed by atoms with Crippen LogP contribution in [-0.4, -0.2) is 23.5 Å². The zero-order valence-electron chi connectivity index (χ0n) is 10.9. The number of carboxylic acid groups (broad SMARTS) is 1. The first-order chi connectivity index (χ1) is 9.09. The molecule has 1 aliphatic heterocycles. The summed E-state index contributed by atoms with van der Waals surface area (Å²) in [6, 6.07) is 7.38. The summed E-state index contributed by atoms with van der Waals surface area (Å²) in [5.41, 5.74) is 1.55. The molecule has 2 aliphatic rings. The smallest absolute Gasteiger partial charge is 0.311 e. The standard InChI is InChI=1S/C15H17NO3/c1-9-8-12(9)14(17)16-7-6-11(15(18)19)10-4-2-3-5-13(10)16/h2-5,9,11-12H,6-8H2,1H3,(H,18,19). The molecule has 1 saturated carbocycles. The minimum Gasteiger partial charge on any atom is -0.481 e. The number of hydrogen-bond donors (Lipinski definition) is 1. The molecule has 1 aromatic rings. The van der Waals surface area contributed by atoms with E-state index in [9.17, 15) is 14.7 Å². The topological polar surface area (TPSA) is 57.6 Å². The van der Waals surface area contributed by atoms with Crippen molar-refractivity contribution >= 4 is 17.6 Å². The molecule has 0 saturated heterocycles. The van der Waals surface area contributed by atoms with Gasteiger partial charge in [0.25, 0.3) is 0 Å². The van der Waals surface area contributed by atoms with Crippen molar-refractivity contribution < 1.29 is 14.7 Å². The van der Waals surface area contributed by atoms with Crippen molar-refractivity contribution in [1.29, 1.82) is 0 Å². The summed E-state index contributed by atoms with van der Waals surface area (Å²) in [7, 11) is 0. The summed E-state index contributed by atoms with van der Waals surface area (Å²) in [5, 5.41) is 9.27. The molecule has 3 rings (SSSR count). The van der Waals surface area contributed by atoms with E-state index in [1.54, 1.807) is 4.90 Å². The fourth-order valence-corrected chi connectivity index (χ4v) is 2.91. The predicted octanol–water partition coefficient (Wildman–Crippen LogP) is 2.25. The van der Waals surface area contributed by atoms with E-state index in [0.29, 0.717) is 18.9 Å². The summed E-state index contributed by atoms with van der Waals surface area (Å²) in [5.74, 6) is -0.536. The maximum absolute atomic E-state index is 12.4. The molecule has 0 aromatic heterocycles. The van der Waals surface area contributed by atoms with Gasteiger partial charge >= 0.3 is 5.97 Å². The molecule has 1 heterocycles. The first-order valence-electron chi connectivity index (χ1n) is 6.72. The third-order valence-electron chi connectivity index (χ3n) is 4.24. The van der Waals surface area contributed by atoms with Gasteiger partial charge in [0, 0.05) is 18.2 Å². The number of hydrogen-bond acceptors (Lipinski definition) is 2. The van der Waals surface area contributed by atoms with Gasteiger partial charge in [-0.2, -0.15) is 0 Å². The van der Waals surface area contributed by atoms with E-state index < -0.39 is 11.9 Å². The van der Waals surface area contributed by atoms with Crippen LogP contribution in [0.5, 0.6) is 0 Å². The number of nitrogens with zero attached hydrogens (tertiary/aromatic N) is 1. The number of aliphatic carboxylic acids is 1. The molecule has 1 aliphatic carbocycles. The van der Waals surface area contributed by atoms with E-state index in [0.717, 1.165) is 17.7 Å². The molecule has 0 bridgehead atoms. The van der Waals surface area contributed by atoms with Gasteiger partial charge in [-0.25, -0.2) is 0 Å². The maximum Gasteiger partial charge on any atom is 0.311 e. The predicted molar refractivity (Wildman–Crippen MR) is 71.1 cm³/mol. The van der Waals surface area contributed by atoms with Crippen LogP contribution >= 0.6 is 0 Å². The van der Waals surface area contributed by atoms with E-state index in [-0.39, 0.29) is 11.8 Å². The van der Waals surface area contributed by atoms with Crippen molar-refractivity contribution in [1.82, 2.24) is 0 Å². The van der Waals surface area contributed by atoms with Crippen LogP contribution in [0, 0.1) is 11.8 Å². The number of carboxylic acids is 1. The monoisotopic (exact) mass is 259 g/mol. The van der Waals surface area contributed by atoms with Crippen LogP contribution in [0.1, 0.15) is 31.2 Å². The molecule has 100 valence electrons. The Balaban J connectivity index is 1.94. The van der Waals surface area contributed by atoms with Crippen LogP contribution in [0.4, 0.5) is 5.69 Å². The Morgan fingerprint density at radius 3 is 2.63 bits per heavy atom. The van der Waals surface area contributed by atoms with Crippen LogP contribution in [0.2, 0.25) is 0 Å². The Morgan fingerprint density at radius 2 is 2.00 bits per heavy atom. The molecule has 3 unspecified atom stereocenters. The fraction of sp³-hybridized carbons (Fsp3) is 0.467. The van der Waals surface area contributed by atoms with E-state index in [1.807, 2.05) is 24.3 Å². The van der Waals surface area contributed by atoms with Gasteiger partial charge in [-0.3, -0.25) is 9.59 Å². The van der Waals surface area contributed by atoms with Gasteiger partial charge < -0.3 is 10.0 Å². The SMILES string of the molecule is CC1CC1C(=O)N1CCC(C(=O)O)c2ccccc21. The van der Waals surface area contributed by atoms with Crippen molar-refractivity contribution in [3.05, 3.63) is 29.8 Å². The molecule has 1 amide bonds. The number of fused-ring (bicyclic) bond motifs is 1. The fourth-order valence-electron chi connectivity index (χ4n) is 2.91. The van der Waals surface area contributed by atoms with Crippen LogP contribution in [0.3, 0.4) is 0 Å². The Bertz CT molecular complexity index is 540. The lowest BCUT2D eigenvalue weighted by Crippen LogP contribution is -2.39. The van der Waals surface area contributed by atoms with E-state index in [1.165, 1.54) is 0 Å². The van der Waals surface area contributed by atoms with Gasteiger partial charge in [-0.05, 0) is 30.4 Å². The van der Waals surface area contributed by atoms with Gasteiger partial charge in [-0.1, -0.05) is 25.1 Å². The summed E-state index contributed by atoms with van der Waals surface area (Å²) in [4.78, 5) is 25.5. The summed E-state index contributed by atoms with van der Waals surface area (Å²) < 4.78 is 0. The average molecular weight is 259 g/mol. The van der Waals surface area contributed by atoms with Crippen molar-refractivity contribution in [2.45, 2.75) is 25.7 Å². The largest absolute Gasteiger partial charge is 0.481 e. The highest BCUT2D eigenvalue weighted by atomic mass is 16.4. The van der Waals surface area contributed by atoms with E-state index >= 15 is 0 Å². The summed E-state index contributed by atoms with van der Waals surface area (Å²) in [6.45, 7) is 2.59. The van der Waals surface area contributed by atoms with Crippen molar-refractivity contribution in [2.75, 3.05) is 11.4 Å². The maximum atomic E-state index is 12.4. The van der Waals surface area contributed by atoms with Gasteiger partial charge in [-0.15, -0.1) is 0 Å². The van der Waals surface area contributed by atoms with Crippen LogP contribution < -0.4 is 4.90 Å². The van der Waals surface area contributed by atoms with Crippen LogP contribution in [-0.2, 0) is 9.59 Å². The first-order valence-corrected chi connectivity index (χ1v) is 6.72. The average Bonchev–Trinajstić information content (AvgIpc) is 3.13. The van der Waals surface area contributed by atoms with Crippen molar-refractivity contribution in [3.63, 3.8) is 0 Å². The number of amides is 1. The highest BCUT2D eigenvalue weighted by molar-refractivity contribution is 5.99. The molecule has 1 fully saturated rings. The van der Waals surface area contributed by atoms with Gasteiger partial charge in [0.1, 0.15) is 0 Å². The first kappa shape index (κ1) is 12.2. The number of benzene rings is 1. The lowest BCUT2D eigenvalue weighted by atomic mass is 9.89. The second-order valence-corrected chi connectivity index (χ2v) is 5.55. The molecule has 0 radical (unpaired) electrons. The zero-order chi connectivity index (χ0) is 13.6. The highest BCUT2D eigenvalue weighted by Crippen LogP contribution is 2.43. The lowest BCUT2D eigenvalue weighted by Gasteiger charge is -2.32. The van der Waals surface area contributed by atoms with Gasteiger partial charge in [0.2, 0.25) is 5.91 Å². The molecular formula is C15H17NO3. The highest BCUT2D eigenvalue weighted by Gasteiger charge is 2.43. The lowest BCUT2D eigenvalue weighted by molar-refractivity contribution is -0.139. The second kappa shape index (κ2) is 4.37. The zero-order valence-corrected chi connectivity index (χ0v) is 10.9. The molecular weight excluding hydrogens is 242 g/mol. The van der Waals surface area contributed by atoms with Gasteiger partial charge in [0.05, 0.1) is 5.92 Å². The number of anilines is 1.